The predicted octanol–water partition coefficient (Wildman–Crippen LogP) is -0.905. The maximum absolute atomic E-state index is 11.3. The Balaban J connectivity index is 4.26. The molecule has 14 heavy (non-hydrogen) atoms. The van der Waals surface area contributed by atoms with Crippen LogP contribution in [0.15, 0.2) is 0 Å². The molecule has 84 valence electrons. The molecule has 0 aromatic heterocycles. The van der Waals surface area contributed by atoms with Gasteiger partial charge >= 0.3 is 0 Å². The highest BCUT2D eigenvalue weighted by atomic mass is 127. The maximum Gasteiger partial charge on any atom is 0.266 e. The van der Waals surface area contributed by atoms with Gasteiger partial charge in [-0.25, -0.2) is 0 Å². The van der Waals surface area contributed by atoms with E-state index < -0.39 is 27.8 Å². The van der Waals surface area contributed by atoms with Crippen LogP contribution in [0.2, 0.25) is 0 Å². The molecule has 0 aromatic carbocycles. The van der Waals surface area contributed by atoms with Gasteiger partial charge in [0.05, 0.1) is 5.75 Å². The van der Waals surface area contributed by atoms with Crippen LogP contribution in [0.5, 0.6) is 0 Å². The van der Waals surface area contributed by atoms with Gasteiger partial charge in [-0.05, 0) is 0 Å². The molecule has 0 aliphatic carbocycles. The Hall–Kier alpha value is 0.0700. The minimum Gasteiger partial charge on any atom is -0.344 e. The number of nitrogens with zero attached hydrogens (tertiary/aromatic N) is 1. The van der Waals surface area contributed by atoms with Gasteiger partial charge in [-0.1, -0.05) is 22.6 Å². The van der Waals surface area contributed by atoms with E-state index in [9.17, 15) is 13.2 Å². The highest BCUT2D eigenvalue weighted by Crippen LogP contribution is 1.95. The van der Waals surface area contributed by atoms with E-state index in [1.165, 1.54) is 11.9 Å². The van der Waals surface area contributed by atoms with Crippen molar-refractivity contribution >= 4 is 38.6 Å². The molecule has 0 spiro atoms. The van der Waals surface area contributed by atoms with Gasteiger partial charge in [-0.2, -0.15) is 8.42 Å². The van der Waals surface area contributed by atoms with Crippen molar-refractivity contribution in [1.82, 2.24) is 4.90 Å². The second-order valence-electron chi connectivity index (χ2n) is 2.80. The van der Waals surface area contributed by atoms with E-state index in [4.69, 9.17) is 10.3 Å². The lowest BCUT2D eigenvalue weighted by Gasteiger charge is -2.19. The van der Waals surface area contributed by atoms with Crippen molar-refractivity contribution in [2.45, 2.75) is 6.04 Å². The molecule has 0 fully saturated rings. The summed E-state index contributed by atoms with van der Waals surface area (Å²) in [5, 5.41) is 0. The zero-order chi connectivity index (χ0) is 11.4. The Morgan fingerprint density at radius 1 is 1.64 bits per heavy atom. The van der Waals surface area contributed by atoms with Crippen molar-refractivity contribution in [2.75, 3.05) is 23.8 Å². The molecular weight excluding hydrogens is 323 g/mol. The minimum atomic E-state index is -4.19. The van der Waals surface area contributed by atoms with Crippen molar-refractivity contribution in [2.24, 2.45) is 5.73 Å². The fourth-order valence-electron chi connectivity index (χ4n) is 0.818. The van der Waals surface area contributed by atoms with E-state index in [1.54, 1.807) is 0 Å². The van der Waals surface area contributed by atoms with E-state index in [-0.39, 0.29) is 0 Å². The SMILES string of the molecule is CN(CCI)C(=O)C(N)CS(=O)(=O)O. The van der Waals surface area contributed by atoms with Crippen LogP contribution in [0.1, 0.15) is 0 Å². The summed E-state index contributed by atoms with van der Waals surface area (Å²) < 4.78 is 30.1. The molecule has 1 unspecified atom stereocenters. The molecule has 0 aliphatic rings. The first-order valence-electron chi connectivity index (χ1n) is 3.79. The minimum absolute atomic E-state index is 0.487. The van der Waals surface area contributed by atoms with Crippen LogP contribution < -0.4 is 5.73 Å². The highest BCUT2D eigenvalue weighted by Gasteiger charge is 2.22. The van der Waals surface area contributed by atoms with E-state index >= 15 is 0 Å². The third-order valence-electron chi connectivity index (χ3n) is 1.50. The van der Waals surface area contributed by atoms with Gasteiger partial charge in [-0.15, -0.1) is 0 Å². The lowest BCUT2D eigenvalue weighted by molar-refractivity contribution is -0.130. The molecule has 1 atom stereocenters. The number of nitrogens with two attached hydrogens (primary N) is 1. The quantitative estimate of drug-likeness (QED) is 0.385. The summed E-state index contributed by atoms with van der Waals surface area (Å²) in [6, 6.07) is -1.20. The molecule has 0 aromatic rings. The fraction of sp³-hybridized carbons (Fsp3) is 0.833. The first-order chi connectivity index (χ1) is 6.28. The molecule has 3 N–H and O–H groups in total. The second kappa shape index (κ2) is 5.83. The molecular formula is C6H13IN2O4S. The van der Waals surface area contributed by atoms with Crippen LogP contribution in [0.4, 0.5) is 0 Å². The average Bonchev–Trinajstić information content (AvgIpc) is 2.00. The van der Waals surface area contributed by atoms with E-state index in [2.05, 4.69) is 22.6 Å². The lowest BCUT2D eigenvalue weighted by Crippen LogP contribution is -2.46. The van der Waals surface area contributed by atoms with Gasteiger partial charge in [0.25, 0.3) is 10.1 Å². The fourth-order valence-corrected chi connectivity index (χ4v) is 2.14. The Labute approximate surface area is 96.7 Å². The van der Waals surface area contributed by atoms with Gasteiger partial charge in [0.15, 0.2) is 0 Å². The number of likely N-dealkylation sites (N-methyl/N-ethyl adjacent to an activating group) is 1. The molecule has 0 bridgehead atoms. The molecule has 0 saturated carbocycles. The number of amides is 1. The van der Waals surface area contributed by atoms with Crippen molar-refractivity contribution < 1.29 is 17.8 Å². The number of halogens is 1. The van der Waals surface area contributed by atoms with Crippen LogP contribution in [0.25, 0.3) is 0 Å². The van der Waals surface area contributed by atoms with Gasteiger partial charge in [0, 0.05) is 18.0 Å². The molecule has 6 nitrogen and oxygen atoms in total. The molecule has 0 radical (unpaired) electrons. The highest BCUT2D eigenvalue weighted by molar-refractivity contribution is 14.1. The molecule has 1 amide bonds. The van der Waals surface area contributed by atoms with Gasteiger partial charge in [0.2, 0.25) is 5.91 Å². The summed E-state index contributed by atoms with van der Waals surface area (Å²) in [6.45, 7) is 0.499. The second-order valence-corrected chi connectivity index (χ2v) is 5.38. The number of alkyl halides is 1. The number of carbonyl (C=O) groups excluding carboxylic acids is 1. The Kier molecular flexibility index (Phi) is 5.86. The van der Waals surface area contributed by atoms with E-state index in [0.717, 1.165) is 4.43 Å². The van der Waals surface area contributed by atoms with Gasteiger partial charge in [-0.3, -0.25) is 9.35 Å². The van der Waals surface area contributed by atoms with Crippen LogP contribution in [0, 0.1) is 0 Å². The first-order valence-corrected chi connectivity index (χ1v) is 6.93. The predicted molar refractivity (Wildman–Crippen MR) is 60.9 cm³/mol. The lowest BCUT2D eigenvalue weighted by atomic mass is 10.3. The summed E-state index contributed by atoms with van der Waals surface area (Å²) in [4.78, 5) is 12.7. The van der Waals surface area contributed by atoms with Crippen molar-refractivity contribution in [3.05, 3.63) is 0 Å². The summed E-state index contributed by atoms with van der Waals surface area (Å²) >= 11 is 2.09. The van der Waals surface area contributed by atoms with Crippen LogP contribution in [-0.2, 0) is 14.9 Å². The maximum atomic E-state index is 11.3. The van der Waals surface area contributed by atoms with Crippen LogP contribution >= 0.6 is 22.6 Å². The summed E-state index contributed by atoms with van der Waals surface area (Å²) in [7, 11) is -2.66. The summed E-state index contributed by atoms with van der Waals surface area (Å²) in [5.74, 6) is -1.23. The molecule has 0 rings (SSSR count). The number of hydrogen-bond acceptors (Lipinski definition) is 4. The Morgan fingerprint density at radius 2 is 2.14 bits per heavy atom. The summed E-state index contributed by atoms with van der Waals surface area (Å²) in [6.07, 6.45) is 0. The first kappa shape index (κ1) is 14.1. The molecule has 0 saturated heterocycles. The van der Waals surface area contributed by atoms with E-state index in [1.807, 2.05) is 0 Å². The smallest absolute Gasteiger partial charge is 0.266 e. The van der Waals surface area contributed by atoms with E-state index in [0.29, 0.717) is 6.54 Å². The molecule has 0 heterocycles. The van der Waals surface area contributed by atoms with Gasteiger partial charge < -0.3 is 10.6 Å². The summed E-state index contributed by atoms with van der Waals surface area (Å²) in [5.41, 5.74) is 5.30. The van der Waals surface area contributed by atoms with Crippen molar-refractivity contribution in [3.8, 4) is 0 Å². The van der Waals surface area contributed by atoms with Crippen molar-refractivity contribution in [1.29, 1.82) is 0 Å². The standard InChI is InChI=1S/C6H13IN2O4S/c1-9(3-2-7)6(10)5(8)4-14(11,12)13/h5H,2-4,8H2,1H3,(H,11,12,13). The third kappa shape index (κ3) is 5.73. The largest absolute Gasteiger partial charge is 0.344 e. The monoisotopic (exact) mass is 336 g/mol. The Morgan fingerprint density at radius 3 is 2.50 bits per heavy atom. The molecule has 8 heteroatoms. The zero-order valence-corrected chi connectivity index (χ0v) is 10.7. The average molecular weight is 336 g/mol. The van der Waals surface area contributed by atoms with Crippen LogP contribution in [0.3, 0.4) is 0 Å². The number of rotatable bonds is 5. The normalized spacial score (nSPS) is 13.7. The third-order valence-corrected chi connectivity index (χ3v) is 2.77. The van der Waals surface area contributed by atoms with Crippen LogP contribution in [-0.4, -0.2) is 53.6 Å². The topological polar surface area (TPSA) is 101 Å². The zero-order valence-electron chi connectivity index (χ0n) is 7.68. The van der Waals surface area contributed by atoms with Gasteiger partial charge in [0.1, 0.15) is 6.04 Å². The number of carbonyl (C=O) groups is 1. The number of hydrogen-bond donors (Lipinski definition) is 2. The van der Waals surface area contributed by atoms with Crippen molar-refractivity contribution in [3.63, 3.8) is 0 Å². The molecule has 0 aliphatic heterocycles. The Bertz CT molecular complexity index is 292.